The number of nitrogens with two attached hydrogens (primary N) is 1. The highest BCUT2D eigenvalue weighted by Gasteiger charge is 2.21. The number of hydrogen-bond acceptors (Lipinski definition) is 4. The third kappa shape index (κ3) is 5.60. The van der Waals surface area contributed by atoms with E-state index in [9.17, 15) is 8.78 Å². The first-order chi connectivity index (χ1) is 13.5. The van der Waals surface area contributed by atoms with E-state index in [1.165, 1.54) is 17.7 Å². The minimum absolute atomic E-state index is 0.0487. The fraction of sp³-hybridized carbons (Fsp3) is 0.350. The summed E-state index contributed by atoms with van der Waals surface area (Å²) < 4.78 is 29.3. The van der Waals surface area contributed by atoms with Crippen LogP contribution in [-0.2, 0) is 13.1 Å². The predicted octanol–water partition coefficient (Wildman–Crippen LogP) is 2.51. The summed E-state index contributed by atoms with van der Waals surface area (Å²) in [6.07, 6.45) is 0.854. The van der Waals surface area contributed by atoms with Crippen molar-refractivity contribution in [2.24, 2.45) is 5.73 Å². The van der Waals surface area contributed by atoms with Crippen molar-refractivity contribution in [3.05, 3.63) is 65.2 Å². The smallest absolute Gasteiger partial charge is 0.178 e. The summed E-state index contributed by atoms with van der Waals surface area (Å²) >= 11 is 4.68. The van der Waals surface area contributed by atoms with E-state index >= 15 is 0 Å². The monoisotopic (exact) mass is 405 g/mol. The summed E-state index contributed by atoms with van der Waals surface area (Å²) in [5.74, 6) is -1.10. The Morgan fingerprint density at radius 1 is 1.00 bits per heavy atom. The first kappa shape index (κ1) is 20.4. The average molecular weight is 406 g/mol. The van der Waals surface area contributed by atoms with Crippen molar-refractivity contribution in [1.29, 1.82) is 0 Å². The number of halogens is 2. The molecule has 0 atom stereocenters. The molecule has 0 saturated carbocycles. The number of hydrazine groups is 1. The largest absolute Gasteiger partial charge is 0.375 e. The van der Waals surface area contributed by atoms with Crippen molar-refractivity contribution in [2.75, 3.05) is 31.1 Å². The van der Waals surface area contributed by atoms with E-state index in [1.54, 1.807) is 4.90 Å². The first-order valence-corrected chi connectivity index (χ1v) is 9.71. The predicted molar refractivity (Wildman–Crippen MR) is 112 cm³/mol. The number of benzene rings is 2. The first-order valence-electron chi connectivity index (χ1n) is 9.30. The summed E-state index contributed by atoms with van der Waals surface area (Å²) in [5, 5.41) is 0.0715. The molecule has 2 aromatic rings. The van der Waals surface area contributed by atoms with Gasteiger partial charge in [0, 0.05) is 39.3 Å². The molecule has 3 rings (SSSR count). The van der Waals surface area contributed by atoms with Gasteiger partial charge in [-0.25, -0.2) is 14.2 Å². The zero-order chi connectivity index (χ0) is 19.9. The van der Waals surface area contributed by atoms with Crippen LogP contribution in [0.15, 0.2) is 42.5 Å². The molecular weight excluding hydrogens is 380 g/mol. The van der Waals surface area contributed by atoms with Gasteiger partial charge in [-0.1, -0.05) is 30.3 Å². The fourth-order valence-corrected chi connectivity index (χ4v) is 3.52. The second kappa shape index (κ2) is 9.77. The number of anilines is 1. The molecule has 0 aliphatic carbocycles. The van der Waals surface area contributed by atoms with Gasteiger partial charge in [-0.3, -0.25) is 10.3 Å². The number of nitrogens with one attached hydrogen (secondary N) is 2. The quantitative estimate of drug-likeness (QED) is 0.507. The Kier molecular flexibility index (Phi) is 7.13. The highest BCUT2D eigenvalue weighted by atomic mass is 32.1. The highest BCUT2D eigenvalue weighted by molar-refractivity contribution is 7.80. The lowest BCUT2D eigenvalue weighted by Gasteiger charge is -2.25. The van der Waals surface area contributed by atoms with Gasteiger partial charge in [-0.05, 0) is 41.9 Å². The number of thiocarbonyl (C=S) groups is 1. The van der Waals surface area contributed by atoms with Gasteiger partial charge >= 0.3 is 0 Å². The zero-order valence-corrected chi connectivity index (χ0v) is 16.4. The molecule has 4 N–H and O–H groups in total. The SMILES string of the molecule is NC(=S)NNCc1cc(F)c(N2CCCN(Cc3ccccc3)CC2)c(F)c1. The molecule has 0 bridgehead atoms. The maximum atomic E-state index is 14.7. The average Bonchev–Trinajstić information content (AvgIpc) is 2.87. The van der Waals surface area contributed by atoms with Crippen LogP contribution in [0.5, 0.6) is 0 Å². The molecular formula is C20H25F2N5S. The maximum Gasteiger partial charge on any atom is 0.178 e. The van der Waals surface area contributed by atoms with Gasteiger partial charge in [-0.15, -0.1) is 0 Å². The molecule has 5 nitrogen and oxygen atoms in total. The summed E-state index contributed by atoms with van der Waals surface area (Å²) in [6, 6.07) is 12.9. The minimum Gasteiger partial charge on any atom is -0.375 e. The van der Waals surface area contributed by atoms with Gasteiger partial charge < -0.3 is 10.6 Å². The van der Waals surface area contributed by atoms with E-state index < -0.39 is 11.6 Å². The van der Waals surface area contributed by atoms with Gasteiger partial charge in [0.15, 0.2) is 5.11 Å². The Balaban J connectivity index is 1.63. The van der Waals surface area contributed by atoms with Crippen LogP contribution < -0.4 is 21.5 Å². The molecule has 28 heavy (non-hydrogen) atoms. The van der Waals surface area contributed by atoms with Gasteiger partial charge in [0.1, 0.15) is 17.3 Å². The lowest BCUT2D eigenvalue weighted by Crippen LogP contribution is -2.40. The third-order valence-corrected chi connectivity index (χ3v) is 4.84. The van der Waals surface area contributed by atoms with Crippen molar-refractivity contribution >= 4 is 23.0 Å². The van der Waals surface area contributed by atoms with Gasteiger partial charge in [0.2, 0.25) is 0 Å². The van der Waals surface area contributed by atoms with Gasteiger partial charge in [-0.2, -0.15) is 0 Å². The Bertz CT molecular complexity index is 779. The van der Waals surface area contributed by atoms with Crippen LogP contribution >= 0.6 is 12.2 Å². The third-order valence-electron chi connectivity index (χ3n) is 4.73. The van der Waals surface area contributed by atoms with E-state index in [-0.39, 0.29) is 17.3 Å². The minimum atomic E-state index is -0.552. The molecule has 150 valence electrons. The Labute approximate surface area is 169 Å². The summed E-state index contributed by atoms with van der Waals surface area (Å²) in [4.78, 5) is 4.13. The second-order valence-corrected chi connectivity index (χ2v) is 7.29. The van der Waals surface area contributed by atoms with Crippen LogP contribution in [0.25, 0.3) is 0 Å². The molecule has 1 saturated heterocycles. The normalized spacial score (nSPS) is 15.3. The maximum absolute atomic E-state index is 14.7. The van der Waals surface area contributed by atoms with E-state index in [0.29, 0.717) is 18.7 Å². The van der Waals surface area contributed by atoms with Crippen LogP contribution in [0.2, 0.25) is 0 Å². The lowest BCUT2D eigenvalue weighted by molar-refractivity contribution is 0.285. The zero-order valence-electron chi connectivity index (χ0n) is 15.6. The van der Waals surface area contributed by atoms with Crippen LogP contribution in [0.4, 0.5) is 14.5 Å². The molecule has 1 aliphatic heterocycles. The van der Waals surface area contributed by atoms with Crippen molar-refractivity contribution in [2.45, 2.75) is 19.5 Å². The molecule has 0 spiro atoms. The number of rotatable bonds is 6. The molecule has 0 unspecified atom stereocenters. The van der Waals surface area contributed by atoms with Crippen LogP contribution in [0, 0.1) is 11.6 Å². The summed E-state index contributed by atoms with van der Waals surface area (Å²) in [5.41, 5.74) is 12.3. The van der Waals surface area contributed by atoms with Crippen LogP contribution in [0.3, 0.4) is 0 Å². The number of nitrogens with zero attached hydrogens (tertiary/aromatic N) is 2. The van der Waals surface area contributed by atoms with E-state index in [0.717, 1.165) is 26.1 Å². The topological polar surface area (TPSA) is 56.6 Å². The Hall–Kier alpha value is -2.29. The Morgan fingerprint density at radius 2 is 1.71 bits per heavy atom. The molecule has 0 amide bonds. The molecule has 1 heterocycles. The molecule has 8 heteroatoms. The van der Waals surface area contributed by atoms with Crippen molar-refractivity contribution in [3.63, 3.8) is 0 Å². The molecule has 1 fully saturated rings. The van der Waals surface area contributed by atoms with Crippen LogP contribution in [0.1, 0.15) is 17.5 Å². The van der Waals surface area contributed by atoms with Gasteiger partial charge in [0.05, 0.1) is 0 Å². The molecule has 0 aromatic heterocycles. The van der Waals surface area contributed by atoms with Gasteiger partial charge in [0.25, 0.3) is 0 Å². The van der Waals surface area contributed by atoms with Crippen molar-refractivity contribution in [3.8, 4) is 0 Å². The van der Waals surface area contributed by atoms with Crippen molar-refractivity contribution < 1.29 is 8.78 Å². The van der Waals surface area contributed by atoms with E-state index in [2.05, 4.69) is 40.1 Å². The standard InChI is InChI=1S/C20H25F2N5S/c21-17-11-16(13-24-25-20(23)28)12-18(22)19(17)27-8-4-7-26(9-10-27)14-15-5-2-1-3-6-15/h1-3,5-6,11-12,24H,4,7-10,13-14H2,(H3,23,25,28). The van der Waals surface area contributed by atoms with E-state index in [4.69, 9.17) is 5.73 Å². The number of hydrogen-bond donors (Lipinski definition) is 3. The molecule has 2 aromatic carbocycles. The van der Waals surface area contributed by atoms with Crippen LogP contribution in [-0.4, -0.2) is 36.2 Å². The summed E-state index contributed by atoms with van der Waals surface area (Å²) in [6.45, 7) is 3.92. The molecule has 1 aliphatic rings. The molecule has 0 radical (unpaired) electrons. The second-order valence-electron chi connectivity index (χ2n) is 6.85. The highest BCUT2D eigenvalue weighted by Crippen LogP contribution is 2.26. The Morgan fingerprint density at radius 3 is 2.39 bits per heavy atom. The lowest BCUT2D eigenvalue weighted by atomic mass is 10.1. The fourth-order valence-electron chi connectivity index (χ4n) is 3.45. The van der Waals surface area contributed by atoms with Crippen molar-refractivity contribution in [1.82, 2.24) is 15.8 Å². The summed E-state index contributed by atoms with van der Waals surface area (Å²) in [7, 11) is 0. The van der Waals surface area contributed by atoms with E-state index in [1.807, 2.05) is 18.2 Å².